The molecule has 30 heavy (non-hydrogen) atoms. The number of methoxy groups -OCH3 is 2. The number of nitrogens with zero attached hydrogens (tertiary/aromatic N) is 1. The Morgan fingerprint density at radius 1 is 1.10 bits per heavy atom. The van der Waals surface area contributed by atoms with E-state index in [0.717, 1.165) is 0 Å². The van der Waals surface area contributed by atoms with Crippen LogP contribution in [0.3, 0.4) is 0 Å². The summed E-state index contributed by atoms with van der Waals surface area (Å²) in [5.74, 6) is -0.339. The number of carbonyl (C=O) groups excluding carboxylic acids is 2. The van der Waals surface area contributed by atoms with Gasteiger partial charge in [0.15, 0.2) is 16.6 Å². The predicted molar refractivity (Wildman–Crippen MR) is 113 cm³/mol. The average molecular weight is 450 g/mol. The highest BCUT2D eigenvalue weighted by atomic mass is 35.5. The maximum absolute atomic E-state index is 13.2. The SMILES string of the molecule is COc1ccc(C(=O)Nc2nc(CC(=O)Nc3ccc(F)c(Cl)c3)cs2)cc1OC. The first-order chi connectivity index (χ1) is 14.4. The van der Waals surface area contributed by atoms with Crippen molar-refractivity contribution in [3.63, 3.8) is 0 Å². The summed E-state index contributed by atoms with van der Waals surface area (Å²) in [6.07, 6.45) is -0.0161. The molecule has 7 nitrogen and oxygen atoms in total. The highest BCUT2D eigenvalue weighted by molar-refractivity contribution is 7.14. The second-order valence-corrected chi connectivity index (χ2v) is 7.29. The van der Waals surface area contributed by atoms with E-state index in [9.17, 15) is 14.0 Å². The van der Waals surface area contributed by atoms with E-state index in [1.54, 1.807) is 23.6 Å². The minimum Gasteiger partial charge on any atom is -0.493 e. The van der Waals surface area contributed by atoms with Gasteiger partial charge in [-0.2, -0.15) is 0 Å². The van der Waals surface area contributed by atoms with Crippen molar-refractivity contribution in [3.8, 4) is 11.5 Å². The molecule has 0 saturated carbocycles. The Hall–Kier alpha value is -3.17. The third-order valence-corrected chi connectivity index (χ3v) is 5.06. The number of benzene rings is 2. The Balaban J connectivity index is 1.61. The van der Waals surface area contributed by atoms with Crippen molar-refractivity contribution in [2.24, 2.45) is 0 Å². The summed E-state index contributed by atoms with van der Waals surface area (Å²) in [7, 11) is 2.99. The number of thiazole rings is 1. The zero-order valence-electron chi connectivity index (χ0n) is 16.0. The number of hydrogen-bond acceptors (Lipinski definition) is 6. The van der Waals surface area contributed by atoms with E-state index in [0.29, 0.717) is 33.6 Å². The Bertz CT molecular complexity index is 1090. The van der Waals surface area contributed by atoms with Gasteiger partial charge in [0.1, 0.15) is 5.82 Å². The van der Waals surface area contributed by atoms with Crippen LogP contribution in [0, 0.1) is 5.82 Å². The molecule has 1 aromatic heterocycles. The van der Waals surface area contributed by atoms with Gasteiger partial charge in [-0.25, -0.2) is 9.37 Å². The second kappa shape index (κ2) is 9.55. The van der Waals surface area contributed by atoms with E-state index in [1.165, 1.54) is 43.8 Å². The molecule has 3 rings (SSSR count). The Morgan fingerprint density at radius 3 is 2.57 bits per heavy atom. The van der Waals surface area contributed by atoms with Crippen LogP contribution in [0.1, 0.15) is 16.1 Å². The summed E-state index contributed by atoms with van der Waals surface area (Å²) in [4.78, 5) is 28.9. The Labute approximate surface area is 180 Å². The fourth-order valence-corrected chi connectivity index (χ4v) is 3.42. The molecule has 0 aliphatic heterocycles. The van der Waals surface area contributed by atoms with Crippen LogP contribution >= 0.6 is 22.9 Å². The standard InChI is InChI=1S/C20H17ClFN3O4S/c1-28-16-6-3-11(7-17(16)29-2)19(27)25-20-24-13(10-30-20)9-18(26)23-12-4-5-15(22)14(21)8-12/h3-8,10H,9H2,1-2H3,(H,23,26)(H,24,25,27). The van der Waals surface area contributed by atoms with Crippen molar-refractivity contribution >= 4 is 45.6 Å². The molecule has 156 valence electrons. The normalized spacial score (nSPS) is 10.4. The number of hydrogen-bond donors (Lipinski definition) is 2. The van der Waals surface area contributed by atoms with E-state index < -0.39 is 5.82 Å². The highest BCUT2D eigenvalue weighted by Crippen LogP contribution is 2.28. The van der Waals surface area contributed by atoms with Crippen LogP contribution in [0.4, 0.5) is 15.2 Å². The van der Waals surface area contributed by atoms with Crippen molar-refractivity contribution in [2.75, 3.05) is 24.9 Å². The van der Waals surface area contributed by atoms with Gasteiger partial charge in [-0.3, -0.25) is 14.9 Å². The van der Waals surface area contributed by atoms with Crippen molar-refractivity contribution in [3.05, 3.63) is 63.9 Å². The molecule has 2 amide bonds. The molecule has 0 unspecified atom stereocenters. The summed E-state index contributed by atoms with van der Waals surface area (Å²) in [5.41, 5.74) is 1.23. The number of anilines is 2. The molecule has 0 fully saturated rings. The number of amides is 2. The first kappa shape index (κ1) is 21.5. The largest absolute Gasteiger partial charge is 0.493 e. The van der Waals surface area contributed by atoms with Gasteiger partial charge in [-0.05, 0) is 36.4 Å². The minimum atomic E-state index is -0.566. The first-order valence-corrected chi connectivity index (χ1v) is 9.88. The van der Waals surface area contributed by atoms with Gasteiger partial charge in [0.25, 0.3) is 5.91 Å². The smallest absolute Gasteiger partial charge is 0.257 e. The lowest BCUT2D eigenvalue weighted by Gasteiger charge is -2.09. The molecule has 0 radical (unpaired) electrons. The van der Waals surface area contributed by atoms with E-state index >= 15 is 0 Å². The summed E-state index contributed by atoms with van der Waals surface area (Å²) in [6, 6.07) is 8.70. The molecule has 3 aromatic rings. The highest BCUT2D eigenvalue weighted by Gasteiger charge is 2.14. The van der Waals surface area contributed by atoms with Gasteiger partial charge in [0.2, 0.25) is 5.91 Å². The second-order valence-electron chi connectivity index (χ2n) is 6.02. The lowest BCUT2D eigenvalue weighted by molar-refractivity contribution is -0.115. The third-order valence-electron chi connectivity index (χ3n) is 3.96. The van der Waals surface area contributed by atoms with Crippen LogP contribution in [0.2, 0.25) is 5.02 Å². The molecule has 0 aliphatic carbocycles. The van der Waals surface area contributed by atoms with Crippen molar-refractivity contribution in [1.82, 2.24) is 4.98 Å². The summed E-state index contributed by atoms with van der Waals surface area (Å²) in [5, 5.41) is 7.24. The lowest BCUT2D eigenvalue weighted by Crippen LogP contribution is -2.15. The zero-order valence-corrected chi connectivity index (χ0v) is 17.6. The lowest BCUT2D eigenvalue weighted by atomic mass is 10.2. The molecule has 0 saturated heterocycles. The zero-order chi connectivity index (χ0) is 21.7. The monoisotopic (exact) mass is 449 g/mol. The molecule has 10 heteroatoms. The van der Waals surface area contributed by atoms with Gasteiger partial charge in [-0.15, -0.1) is 11.3 Å². The van der Waals surface area contributed by atoms with Crippen LogP contribution in [0.25, 0.3) is 0 Å². The molecule has 0 spiro atoms. The first-order valence-electron chi connectivity index (χ1n) is 8.62. The van der Waals surface area contributed by atoms with Gasteiger partial charge < -0.3 is 14.8 Å². The molecule has 2 N–H and O–H groups in total. The Morgan fingerprint density at radius 2 is 1.87 bits per heavy atom. The van der Waals surface area contributed by atoms with Crippen molar-refractivity contribution in [2.45, 2.75) is 6.42 Å². The molecular formula is C20H17ClFN3O4S. The van der Waals surface area contributed by atoms with Gasteiger partial charge in [-0.1, -0.05) is 11.6 Å². The molecule has 2 aromatic carbocycles. The number of halogens is 2. The van der Waals surface area contributed by atoms with Gasteiger partial charge in [0, 0.05) is 16.6 Å². The summed E-state index contributed by atoms with van der Waals surface area (Å²) in [6.45, 7) is 0. The maximum atomic E-state index is 13.2. The number of carbonyl (C=O) groups is 2. The van der Waals surface area contributed by atoms with Gasteiger partial charge in [0.05, 0.1) is 31.4 Å². The predicted octanol–water partition coefficient (Wildman–Crippen LogP) is 4.39. The quantitative estimate of drug-likeness (QED) is 0.558. The van der Waals surface area contributed by atoms with E-state index in [2.05, 4.69) is 15.6 Å². The van der Waals surface area contributed by atoms with Crippen molar-refractivity contribution < 1.29 is 23.5 Å². The number of ether oxygens (including phenoxy) is 2. The summed E-state index contributed by atoms with van der Waals surface area (Å²) >= 11 is 6.90. The Kier molecular flexibility index (Phi) is 6.86. The number of aromatic nitrogens is 1. The molecule has 0 atom stereocenters. The van der Waals surface area contributed by atoms with Crippen LogP contribution in [0.5, 0.6) is 11.5 Å². The number of rotatable bonds is 7. The molecule has 0 bridgehead atoms. The third kappa shape index (κ3) is 5.25. The van der Waals surface area contributed by atoms with Crippen LogP contribution in [-0.2, 0) is 11.2 Å². The fourth-order valence-electron chi connectivity index (χ4n) is 2.54. The van der Waals surface area contributed by atoms with E-state index in [4.69, 9.17) is 21.1 Å². The number of nitrogens with one attached hydrogen (secondary N) is 2. The average Bonchev–Trinajstić information content (AvgIpc) is 3.16. The van der Waals surface area contributed by atoms with Crippen LogP contribution in [0.15, 0.2) is 41.8 Å². The van der Waals surface area contributed by atoms with Gasteiger partial charge >= 0.3 is 0 Å². The topological polar surface area (TPSA) is 89.5 Å². The minimum absolute atomic E-state index is 0.0161. The van der Waals surface area contributed by atoms with E-state index in [-0.39, 0.29) is 23.3 Å². The van der Waals surface area contributed by atoms with Crippen LogP contribution in [-0.4, -0.2) is 31.0 Å². The van der Waals surface area contributed by atoms with Crippen molar-refractivity contribution in [1.29, 1.82) is 0 Å². The molecular weight excluding hydrogens is 433 g/mol. The van der Waals surface area contributed by atoms with E-state index in [1.807, 2.05) is 0 Å². The molecule has 0 aliphatic rings. The van der Waals surface area contributed by atoms with Crippen LogP contribution < -0.4 is 20.1 Å². The fraction of sp³-hybridized carbons (Fsp3) is 0.150. The molecule has 1 heterocycles. The summed E-state index contributed by atoms with van der Waals surface area (Å²) < 4.78 is 23.5. The maximum Gasteiger partial charge on any atom is 0.257 e.